The van der Waals surface area contributed by atoms with Crippen molar-refractivity contribution in [2.45, 2.75) is 13.3 Å². The van der Waals surface area contributed by atoms with Gasteiger partial charge in [-0.25, -0.2) is 4.98 Å². The molecule has 0 atom stereocenters. The lowest BCUT2D eigenvalue weighted by molar-refractivity contribution is 0.102. The first-order valence-electron chi connectivity index (χ1n) is 7.24. The molecule has 0 aliphatic heterocycles. The predicted molar refractivity (Wildman–Crippen MR) is 93.2 cm³/mol. The fourth-order valence-corrected chi connectivity index (χ4v) is 2.76. The smallest absolute Gasteiger partial charge is 0.274 e. The zero-order valence-corrected chi connectivity index (χ0v) is 14.4. The van der Waals surface area contributed by atoms with Gasteiger partial charge < -0.3 is 10.1 Å². The van der Waals surface area contributed by atoms with Crippen LogP contribution < -0.4 is 10.1 Å². The number of nitrogens with zero attached hydrogens (tertiary/aromatic N) is 2. The SMILES string of the molecule is CCc1nc2ccc(Br)cn2c1C(=O)Nc1ccc(OC)cc1. The van der Waals surface area contributed by atoms with Crippen LogP contribution in [-0.2, 0) is 6.42 Å². The van der Waals surface area contributed by atoms with Crippen LogP contribution in [0, 0.1) is 0 Å². The van der Waals surface area contributed by atoms with E-state index in [0.717, 1.165) is 21.6 Å². The lowest BCUT2D eigenvalue weighted by Crippen LogP contribution is -2.16. The van der Waals surface area contributed by atoms with Gasteiger partial charge in [0.05, 0.1) is 12.8 Å². The van der Waals surface area contributed by atoms with Crippen LogP contribution in [0.25, 0.3) is 5.65 Å². The first kappa shape index (κ1) is 15.6. The number of anilines is 1. The number of carbonyl (C=O) groups excluding carboxylic acids is 1. The van der Waals surface area contributed by atoms with Crippen molar-refractivity contribution in [1.29, 1.82) is 0 Å². The second-order valence-electron chi connectivity index (χ2n) is 5.02. The number of amides is 1. The van der Waals surface area contributed by atoms with E-state index >= 15 is 0 Å². The average Bonchev–Trinajstić information content (AvgIpc) is 2.93. The van der Waals surface area contributed by atoms with Crippen LogP contribution in [0.1, 0.15) is 23.1 Å². The highest BCUT2D eigenvalue weighted by Crippen LogP contribution is 2.20. The fraction of sp³-hybridized carbons (Fsp3) is 0.176. The summed E-state index contributed by atoms with van der Waals surface area (Å²) in [6.45, 7) is 1.99. The Morgan fingerprint density at radius 3 is 2.65 bits per heavy atom. The molecule has 1 amide bonds. The summed E-state index contributed by atoms with van der Waals surface area (Å²) in [6.07, 6.45) is 2.54. The zero-order valence-electron chi connectivity index (χ0n) is 12.8. The van der Waals surface area contributed by atoms with Crippen molar-refractivity contribution in [1.82, 2.24) is 9.38 Å². The molecular weight excluding hydrogens is 358 g/mol. The number of carbonyl (C=O) groups is 1. The van der Waals surface area contributed by atoms with Crippen LogP contribution in [0.15, 0.2) is 47.1 Å². The molecule has 1 N–H and O–H groups in total. The van der Waals surface area contributed by atoms with E-state index in [-0.39, 0.29) is 5.91 Å². The normalized spacial score (nSPS) is 10.7. The van der Waals surface area contributed by atoms with Crippen LogP contribution in [0.3, 0.4) is 0 Å². The van der Waals surface area contributed by atoms with Crippen molar-refractivity contribution < 1.29 is 9.53 Å². The summed E-state index contributed by atoms with van der Waals surface area (Å²) in [5, 5.41) is 2.91. The van der Waals surface area contributed by atoms with Gasteiger partial charge in [0.2, 0.25) is 0 Å². The molecule has 0 fully saturated rings. The van der Waals surface area contributed by atoms with Crippen LogP contribution in [0.5, 0.6) is 5.75 Å². The third kappa shape index (κ3) is 3.07. The van der Waals surface area contributed by atoms with E-state index in [1.54, 1.807) is 19.2 Å². The first-order valence-corrected chi connectivity index (χ1v) is 8.03. The van der Waals surface area contributed by atoms with E-state index in [1.807, 2.05) is 41.8 Å². The monoisotopic (exact) mass is 373 g/mol. The summed E-state index contributed by atoms with van der Waals surface area (Å²) in [4.78, 5) is 17.2. The summed E-state index contributed by atoms with van der Waals surface area (Å²) >= 11 is 3.44. The predicted octanol–water partition coefficient (Wildman–Crippen LogP) is 3.92. The minimum absolute atomic E-state index is 0.183. The molecule has 23 heavy (non-hydrogen) atoms. The van der Waals surface area contributed by atoms with E-state index in [2.05, 4.69) is 26.2 Å². The number of fused-ring (bicyclic) bond motifs is 1. The van der Waals surface area contributed by atoms with Crippen LogP contribution in [-0.4, -0.2) is 22.4 Å². The zero-order chi connectivity index (χ0) is 16.4. The van der Waals surface area contributed by atoms with E-state index in [1.165, 1.54) is 0 Å². The lowest BCUT2D eigenvalue weighted by Gasteiger charge is -2.07. The molecule has 0 unspecified atom stereocenters. The Kier molecular flexibility index (Phi) is 4.34. The summed E-state index contributed by atoms with van der Waals surface area (Å²) in [7, 11) is 1.61. The molecular formula is C17H16BrN3O2. The molecule has 6 heteroatoms. The van der Waals surface area contributed by atoms with Gasteiger partial charge in [-0.3, -0.25) is 9.20 Å². The molecule has 5 nitrogen and oxygen atoms in total. The molecule has 0 saturated carbocycles. The Bertz CT molecular complexity index is 856. The lowest BCUT2D eigenvalue weighted by atomic mass is 10.2. The highest BCUT2D eigenvalue weighted by Gasteiger charge is 2.18. The molecule has 2 aromatic heterocycles. The molecule has 0 bridgehead atoms. The van der Waals surface area contributed by atoms with Crippen molar-refractivity contribution in [2.75, 3.05) is 12.4 Å². The standard InChI is InChI=1S/C17H16BrN3O2/c1-3-14-16(21-10-11(18)4-9-15(21)20-14)17(22)19-12-5-7-13(23-2)8-6-12/h4-10H,3H2,1-2H3,(H,19,22). The number of aromatic nitrogens is 2. The molecule has 0 saturated heterocycles. The van der Waals surface area contributed by atoms with Gasteiger partial charge in [0.25, 0.3) is 5.91 Å². The second-order valence-corrected chi connectivity index (χ2v) is 5.93. The number of nitrogens with one attached hydrogen (secondary N) is 1. The minimum Gasteiger partial charge on any atom is -0.497 e. The minimum atomic E-state index is -0.183. The van der Waals surface area contributed by atoms with Crippen LogP contribution in [0.4, 0.5) is 5.69 Å². The first-order chi connectivity index (χ1) is 11.1. The fourth-order valence-electron chi connectivity index (χ4n) is 2.42. The number of rotatable bonds is 4. The van der Waals surface area contributed by atoms with E-state index in [0.29, 0.717) is 17.8 Å². The Hall–Kier alpha value is -2.34. The Morgan fingerprint density at radius 2 is 2.00 bits per heavy atom. The molecule has 0 spiro atoms. The van der Waals surface area contributed by atoms with Crippen molar-refractivity contribution in [3.8, 4) is 5.75 Å². The number of benzene rings is 1. The molecule has 3 aromatic rings. The van der Waals surface area contributed by atoms with Gasteiger partial charge >= 0.3 is 0 Å². The maximum atomic E-state index is 12.7. The van der Waals surface area contributed by atoms with Crippen molar-refractivity contribution in [3.63, 3.8) is 0 Å². The highest BCUT2D eigenvalue weighted by atomic mass is 79.9. The second kappa shape index (κ2) is 6.42. The summed E-state index contributed by atoms with van der Waals surface area (Å²) in [5.41, 5.74) is 2.79. The number of methoxy groups -OCH3 is 1. The third-order valence-electron chi connectivity index (χ3n) is 3.55. The number of ether oxygens (including phenoxy) is 1. The number of imidazole rings is 1. The van der Waals surface area contributed by atoms with Crippen LogP contribution >= 0.6 is 15.9 Å². The maximum absolute atomic E-state index is 12.7. The largest absolute Gasteiger partial charge is 0.497 e. The van der Waals surface area contributed by atoms with Crippen LogP contribution in [0.2, 0.25) is 0 Å². The quantitative estimate of drug-likeness (QED) is 0.753. The number of hydrogen-bond donors (Lipinski definition) is 1. The van der Waals surface area contributed by atoms with Gasteiger partial charge in [-0.05, 0) is 58.7 Å². The van der Waals surface area contributed by atoms with E-state index in [9.17, 15) is 4.79 Å². The van der Waals surface area contributed by atoms with Gasteiger partial charge in [-0.1, -0.05) is 6.92 Å². The Balaban J connectivity index is 1.97. The summed E-state index contributed by atoms with van der Waals surface area (Å²) in [6, 6.07) is 11.0. The maximum Gasteiger partial charge on any atom is 0.274 e. The number of pyridine rings is 1. The molecule has 1 aromatic carbocycles. The summed E-state index contributed by atoms with van der Waals surface area (Å²) < 4.78 is 7.82. The van der Waals surface area contributed by atoms with Gasteiger partial charge in [0.1, 0.15) is 17.1 Å². The van der Waals surface area contributed by atoms with Gasteiger partial charge in [-0.15, -0.1) is 0 Å². The van der Waals surface area contributed by atoms with Gasteiger partial charge in [0, 0.05) is 16.4 Å². The molecule has 3 rings (SSSR count). The van der Waals surface area contributed by atoms with Crippen molar-refractivity contribution in [2.24, 2.45) is 0 Å². The van der Waals surface area contributed by atoms with E-state index in [4.69, 9.17) is 4.74 Å². The third-order valence-corrected chi connectivity index (χ3v) is 4.02. The molecule has 0 aliphatic carbocycles. The average molecular weight is 374 g/mol. The molecule has 118 valence electrons. The topological polar surface area (TPSA) is 55.6 Å². The summed E-state index contributed by atoms with van der Waals surface area (Å²) in [5.74, 6) is 0.564. The highest BCUT2D eigenvalue weighted by molar-refractivity contribution is 9.10. The van der Waals surface area contributed by atoms with Crippen molar-refractivity contribution in [3.05, 3.63) is 58.5 Å². The number of hydrogen-bond acceptors (Lipinski definition) is 3. The number of aryl methyl sites for hydroxylation is 1. The Labute approximate surface area is 142 Å². The molecule has 2 heterocycles. The van der Waals surface area contributed by atoms with Gasteiger partial charge in [0.15, 0.2) is 0 Å². The number of halogens is 1. The molecule has 0 aliphatic rings. The van der Waals surface area contributed by atoms with Crippen molar-refractivity contribution >= 4 is 33.2 Å². The Morgan fingerprint density at radius 1 is 1.26 bits per heavy atom. The van der Waals surface area contributed by atoms with Gasteiger partial charge in [-0.2, -0.15) is 0 Å². The van der Waals surface area contributed by atoms with E-state index < -0.39 is 0 Å². The molecule has 0 radical (unpaired) electrons.